The Morgan fingerprint density at radius 3 is 1.17 bits per heavy atom. The van der Waals surface area contributed by atoms with Crippen LogP contribution < -0.4 is 9.80 Å². The summed E-state index contributed by atoms with van der Waals surface area (Å²) in [6, 6.07) is 82.9. The molecule has 12 rings (SSSR count). The number of hydrogen-bond acceptors (Lipinski definition) is 3. The summed E-state index contributed by atoms with van der Waals surface area (Å²) >= 11 is 0. The molecule has 6 heteroatoms. The Labute approximate surface area is 406 Å². The fourth-order valence-electron chi connectivity index (χ4n) is 10.2. The predicted octanol–water partition coefficient (Wildman–Crippen LogP) is 17.5. The van der Waals surface area contributed by atoms with E-state index < -0.39 is 0 Å². The van der Waals surface area contributed by atoms with Gasteiger partial charge in [-0.25, -0.2) is 4.85 Å². The Hall–Kier alpha value is -9.62. The second-order valence-corrected chi connectivity index (χ2v) is 17.8. The number of nitriles is 1. The SMILES string of the molecule is [C-]#[N+]c1ccc(-c2ccc(C#N)c(-n3c4cc(C)ccc4c4ccc(N(c5ccccc5)c5ccccc5)cc43)c2)cc1-n1c2cc(C)ccc2c2ccc(N(c3ccccc3)c3ccccc3)cc21. The summed E-state index contributed by atoms with van der Waals surface area (Å²) in [4.78, 5) is 8.69. The van der Waals surface area contributed by atoms with Gasteiger partial charge in [0, 0.05) is 55.7 Å². The van der Waals surface area contributed by atoms with Crippen LogP contribution in [0.4, 0.5) is 39.8 Å². The lowest BCUT2D eigenvalue weighted by Crippen LogP contribution is -2.09. The molecule has 6 nitrogen and oxygen atoms in total. The van der Waals surface area contributed by atoms with Crippen molar-refractivity contribution in [1.29, 1.82) is 5.26 Å². The fraction of sp³-hybridized carbons (Fsp3) is 0.0312. The largest absolute Gasteiger partial charge is 0.319 e. The van der Waals surface area contributed by atoms with Crippen LogP contribution in [0.2, 0.25) is 0 Å². The zero-order valence-corrected chi connectivity index (χ0v) is 38.6. The summed E-state index contributed by atoms with van der Waals surface area (Å²) in [5.74, 6) is 0. The van der Waals surface area contributed by atoms with Crippen molar-refractivity contribution in [2.45, 2.75) is 13.8 Å². The number of aromatic nitrogens is 2. The fourth-order valence-corrected chi connectivity index (χ4v) is 10.2. The van der Waals surface area contributed by atoms with Crippen LogP contribution in [0.3, 0.4) is 0 Å². The third kappa shape index (κ3) is 7.11. The molecule has 2 heterocycles. The van der Waals surface area contributed by atoms with E-state index >= 15 is 0 Å². The van der Waals surface area contributed by atoms with Gasteiger partial charge in [-0.2, -0.15) is 5.26 Å². The normalized spacial score (nSPS) is 11.3. The third-order valence-corrected chi connectivity index (χ3v) is 13.4. The third-order valence-electron chi connectivity index (χ3n) is 13.4. The second kappa shape index (κ2) is 17.2. The van der Waals surface area contributed by atoms with Gasteiger partial charge in [-0.1, -0.05) is 127 Å². The Bertz CT molecular complexity index is 3700. The van der Waals surface area contributed by atoms with E-state index in [-0.39, 0.29) is 0 Å². The Balaban J connectivity index is 1.06. The van der Waals surface area contributed by atoms with Gasteiger partial charge in [-0.3, -0.25) is 0 Å². The summed E-state index contributed by atoms with van der Waals surface area (Å²) in [6.07, 6.45) is 0. The van der Waals surface area contributed by atoms with E-state index in [0.717, 1.165) is 111 Å². The molecule has 2 aromatic heterocycles. The first-order valence-corrected chi connectivity index (χ1v) is 23.4. The minimum Gasteiger partial charge on any atom is -0.319 e. The van der Waals surface area contributed by atoms with Crippen molar-refractivity contribution in [3.8, 4) is 28.6 Å². The maximum atomic E-state index is 10.9. The zero-order chi connectivity index (χ0) is 47.3. The van der Waals surface area contributed by atoms with Crippen LogP contribution >= 0.6 is 0 Å². The van der Waals surface area contributed by atoms with E-state index in [4.69, 9.17) is 6.57 Å². The van der Waals surface area contributed by atoms with E-state index in [0.29, 0.717) is 11.3 Å². The number of benzene rings is 10. The molecule has 330 valence electrons. The average Bonchev–Trinajstić information content (AvgIpc) is 3.90. The highest BCUT2D eigenvalue weighted by molar-refractivity contribution is 6.12. The molecule has 0 bridgehead atoms. The van der Waals surface area contributed by atoms with Crippen LogP contribution in [0.1, 0.15) is 16.7 Å². The van der Waals surface area contributed by atoms with Crippen molar-refractivity contribution in [3.63, 3.8) is 0 Å². The maximum Gasteiger partial charge on any atom is 0.210 e. The van der Waals surface area contributed by atoms with Gasteiger partial charge in [0.15, 0.2) is 0 Å². The van der Waals surface area contributed by atoms with Crippen molar-refractivity contribution in [2.24, 2.45) is 0 Å². The quantitative estimate of drug-likeness (QED) is 0.136. The van der Waals surface area contributed by atoms with Gasteiger partial charge in [0.1, 0.15) is 6.07 Å². The number of fused-ring (bicyclic) bond motifs is 6. The highest BCUT2D eigenvalue weighted by Crippen LogP contribution is 2.44. The molecule has 70 heavy (non-hydrogen) atoms. The lowest BCUT2D eigenvalue weighted by atomic mass is 10.0. The first kappa shape index (κ1) is 41.8. The molecule has 0 aliphatic rings. The molecular formula is C64H44N6. The molecule has 0 aliphatic heterocycles. The van der Waals surface area contributed by atoms with Gasteiger partial charge in [0.2, 0.25) is 5.69 Å². The number of nitrogens with zero attached hydrogens (tertiary/aromatic N) is 6. The van der Waals surface area contributed by atoms with Gasteiger partial charge in [0.05, 0.1) is 45.6 Å². The summed E-state index contributed by atoms with van der Waals surface area (Å²) in [6.45, 7) is 12.8. The number of aryl methyl sites for hydroxylation is 2. The van der Waals surface area contributed by atoms with Crippen LogP contribution in [0.15, 0.2) is 231 Å². The molecule has 0 saturated heterocycles. The van der Waals surface area contributed by atoms with Crippen molar-refractivity contribution >= 4 is 83.4 Å². The van der Waals surface area contributed by atoms with Crippen LogP contribution in [0.5, 0.6) is 0 Å². The lowest BCUT2D eigenvalue weighted by molar-refractivity contribution is 1.16. The number of rotatable bonds is 9. The summed E-state index contributed by atoms with van der Waals surface area (Å²) in [5.41, 5.74) is 17.0. The lowest BCUT2D eigenvalue weighted by Gasteiger charge is -2.25. The van der Waals surface area contributed by atoms with E-state index in [9.17, 15) is 5.26 Å². The predicted molar refractivity (Wildman–Crippen MR) is 290 cm³/mol. The number of para-hydroxylation sites is 4. The molecule has 0 aliphatic carbocycles. The monoisotopic (exact) mass is 896 g/mol. The van der Waals surface area contributed by atoms with Crippen molar-refractivity contribution in [2.75, 3.05) is 9.80 Å². The van der Waals surface area contributed by atoms with E-state index in [1.165, 1.54) is 0 Å². The summed E-state index contributed by atoms with van der Waals surface area (Å²) in [7, 11) is 0. The summed E-state index contributed by atoms with van der Waals surface area (Å²) < 4.78 is 4.52. The molecule has 12 aromatic rings. The molecule has 10 aromatic carbocycles. The second-order valence-electron chi connectivity index (χ2n) is 17.8. The van der Waals surface area contributed by atoms with Crippen molar-refractivity contribution < 1.29 is 0 Å². The van der Waals surface area contributed by atoms with Crippen LogP contribution in [-0.4, -0.2) is 9.13 Å². The van der Waals surface area contributed by atoms with Gasteiger partial charge in [-0.05, 0) is 139 Å². The van der Waals surface area contributed by atoms with E-state index in [1.807, 2.05) is 48.5 Å². The smallest absolute Gasteiger partial charge is 0.210 e. The van der Waals surface area contributed by atoms with Gasteiger partial charge < -0.3 is 18.9 Å². The molecule has 0 amide bonds. The van der Waals surface area contributed by atoms with Gasteiger partial charge >= 0.3 is 0 Å². The highest BCUT2D eigenvalue weighted by Gasteiger charge is 2.22. The number of anilines is 6. The zero-order valence-electron chi connectivity index (χ0n) is 38.6. The van der Waals surface area contributed by atoms with Gasteiger partial charge in [-0.15, -0.1) is 0 Å². The highest BCUT2D eigenvalue weighted by atomic mass is 15.2. The van der Waals surface area contributed by atoms with Crippen LogP contribution in [0, 0.1) is 31.8 Å². The number of hydrogen-bond donors (Lipinski definition) is 0. The van der Waals surface area contributed by atoms with Gasteiger partial charge in [0.25, 0.3) is 0 Å². The van der Waals surface area contributed by atoms with Crippen molar-refractivity contribution in [3.05, 3.63) is 259 Å². The molecule has 0 N–H and O–H groups in total. The Morgan fingerprint density at radius 2 is 0.757 bits per heavy atom. The molecule has 0 radical (unpaired) electrons. The molecule has 0 fully saturated rings. The molecule has 0 spiro atoms. The molecular weight excluding hydrogens is 853 g/mol. The molecule has 0 unspecified atom stereocenters. The maximum absolute atomic E-state index is 10.9. The van der Waals surface area contributed by atoms with E-state index in [2.05, 4.69) is 226 Å². The first-order chi connectivity index (χ1) is 34.4. The van der Waals surface area contributed by atoms with Crippen LogP contribution in [-0.2, 0) is 0 Å². The van der Waals surface area contributed by atoms with Crippen LogP contribution in [0.25, 0.3) is 71.0 Å². The van der Waals surface area contributed by atoms with Crippen molar-refractivity contribution in [1.82, 2.24) is 9.13 Å². The molecule has 0 atom stereocenters. The average molecular weight is 897 g/mol. The summed E-state index contributed by atoms with van der Waals surface area (Å²) in [5, 5.41) is 15.3. The van der Waals surface area contributed by atoms with E-state index in [1.54, 1.807) is 0 Å². The first-order valence-electron chi connectivity index (χ1n) is 23.4. The minimum absolute atomic E-state index is 0.540. The topological polar surface area (TPSA) is 44.5 Å². The molecule has 0 saturated carbocycles. The Kier molecular flexibility index (Phi) is 10.3. The minimum atomic E-state index is 0.540. The standard InChI is InChI=1S/C64H44N6/c1-43-24-31-54-56-33-29-52(67(48-16-8-4-9-17-48)49-18-10-5-11-19-49)40-62(56)69(60(54)36-43)59-38-45(26-27-47(59)42-65)46-28-35-58(66-3)64(39-46)70-61-37-44(2)25-32-55(61)57-34-30-53(41-63(57)70)68(50-20-12-6-13-21-50)51-22-14-7-15-23-51/h4-41H,1-2H3. The Morgan fingerprint density at radius 1 is 0.386 bits per heavy atom.